The number of anilines is 1. The Hall–Kier alpha value is -3.45. The van der Waals surface area contributed by atoms with Crippen LogP contribution in [0.25, 0.3) is 5.65 Å². The first kappa shape index (κ1) is 24.2. The lowest BCUT2D eigenvalue weighted by atomic mass is 9.97. The molecule has 1 aliphatic heterocycles. The highest BCUT2D eigenvalue weighted by Crippen LogP contribution is 2.29. The number of nitrogens with zero attached hydrogens (tertiary/aromatic N) is 5. The van der Waals surface area contributed by atoms with Crippen molar-refractivity contribution in [3.05, 3.63) is 18.0 Å². The number of rotatable bonds is 5. The summed E-state index contributed by atoms with van der Waals surface area (Å²) in [4.78, 5) is 37.8. The Labute approximate surface area is 186 Å². The van der Waals surface area contributed by atoms with Gasteiger partial charge in [-0.25, -0.2) is 4.79 Å². The van der Waals surface area contributed by atoms with Gasteiger partial charge in [0.05, 0.1) is 5.92 Å². The number of esters is 1. The maximum atomic E-state index is 13.1. The first-order valence-corrected chi connectivity index (χ1v) is 10.3. The second-order valence-electron chi connectivity index (χ2n) is 7.94. The average molecular weight is 471 g/mol. The summed E-state index contributed by atoms with van der Waals surface area (Å²) in [6.07, 6.45) is -5.14. The molecule has 2 N–H and O–H groups in total. The van der Waals surface area contributed by atoms with Crippen molar-refractivity contribution in [1.82, 2.24) is 30.4 Å². The van der Waals surface area contributed by atoms with Gasteiger partial charge in [-0.05, 0) is 45.7 Å². The minimum Gasteiger partial charge on any atom is -0.452 e. The second kappa shape index (κ2) is 9.58. The summed E-state index contributed by atoms with van der Waals surface area (Å²) in [5.41, 5.74) is -0.0288. The molecule has 14 heteroatoms. The zero-order valence-electron chi connectivity index (χ0n) is 18.2. The van der Waals surface area contributed by atoms with Crippen molar-refractivity contribution < 1.29 is 32.3 Å². The lowest BCUT2D eigenvalue weighted by Crippen LogP contribution is -2.47. The van der Waals surface area contributed by atoms with E-state index in [1.54, 1.807) is 18.7 Å². The lowest BCUT2D eigenvalue weighted by Gasteiger charge is -2.32. The van der Waals surface area contributed by atoms with Gasteiger partial charge in [-0.1, -0.05) is 0 Å². The number of hydrogen-bond acceptors (Lipinski definition) is 8. The van der Waals surface area contributed by atoms with E-state index in [1.165, 1.54) is 19.1 Å². The first-order valence-electron chi connectivity index (χ1n) is 10.3. The van der Waals surface area contributed by atoms with Crippen LogP contribution in [0.15, 0.2) is 12.1 Å². The topological polar surface area (TPSA) is 131 Å². The third-order valence-corrected chi connectivity index (χ3v) is 4.97. The third-order valence-electron chi connectivity index (χ3n) is 4.97. The van der Waals surface area contributed by atoms with Crippen molar-refractivity contribution >= 4 is 29.4 Å². The fourth-order valence-electron chi connectivity index (χ4n) is 3.30. The van der Waals surface area contributed by atoms with Crippen molar-refractivity contribution in [1.29, 1.82) is 0 Å². The fourth-order valence-corrected chi connectivity index (χ4v) is 3.30. The fraction of sp³-hybridized carbons (Fsp3) is 0.579. The molecule has 0 aliphatic carbocycles. The van der Waals surface area contributed by atoms with Gasteiger partial charge in [0.25, 0.3) is 11.7 Å². The Morgan fingerprint density at radius 3 is 2.39 bits per heavy atom. The molecular formula is C19H24F3N7O4. The quantitative estimate of drug-likeness (QED) is 0.628. The number of fused-ring (bicyclic) bond motifs is 1. The molecule has 3 rings (SSSR count). The van der Waals surface area contributed by atoms with Gasteiger partial charge in [0, 0.05) is 19.1 Å². The Bertz CT molecular complexity index is 1030. The number of imide groups is 1. The van der Waals surface area contributed by atoms with Crippen molar-refractivity contribution in [3.8, 4) is 0 Å². The number of piperidine rings is 1. The van der Waals surface area contributed by atoms with E-state index < -0.39 is 41.9 Å². The molecule has 1 atom stereocenters. The van der Waals surface area contributed by atoms with Crippen LogP contribution in [0.1, 0.15) is 39.4 Å². The van der Waals surface area contributed by atoms with Gasteiger partial charge in [-0.15, -0.1) is 15.3 Å². The smallest absolute Gasteiger partial charge is 0.452 e. The molecule has 0 spiro atoms. The normalized spacial score (nSPS) is 16.0. The molecule has 3 heterocycles. The molecule has 11 nitrogen and oxygen atoms in total. The lowest BCUT2D eigenvalue weighted by molar-refractivity contribution is -0.159. The van der Waals surface area contributed by atoms with Crippen LogP contribution in [0.2, 0.25) is 0 Å². The maximum absolute atomic E-state index is 13.1. The van der Waals surface area contributed by atoms with Crippen molar-refractivity contribution in [2.24, 2.45) is 5.92 Å². The molecule has 33 heavy (non-hydrogen) atoms. The zero-order valence-corrected chi connectivity index (χ0v) is 18.2. The van der Waals surface area contributed by atoms with Crippen LogP contribution >= 0.6 is 0 Å². The Balaban J connectivity index is 1.55. The standard InChI is InChI=1S/C19H24F3N7O4/c1-10(2)23-18(32)24-15(30)11(3)33-16(31)12-6-8-28(9-7-12)14-5-4-13-25-26-17(19(20,21)22)29(13)27-14/h4-5,10-12H,6-9H2,1-3H3,(H2,23,24,30,32). The molecule has 2 aromatic heterocycles. The van der Waals surface area contributed by atoms with Crippen LogP contribution < -0.4 is 15.5 Å². The molecular weight excluding hydrogens is 447 g/mol. The van der Waals surface area contributed by atoms with E-state index >= 15 is 0 Å². The summed E-state index contributed by atoms with van der Waals surface area (Å²) in [5.74, 6) is -2.74. The molecule has 0 bridgehead atoms. The number of aromatic nitrogens is 4. The van der Waals surface area contributed by atoms with Crippen molar-refractivity contribution in [2.75, 3.05) is 18.0 Å². The number of alkyl halides is 3. The Kier molecular flexibility index (Phi) is 7.03. The van der Waals surface area contributed by atoms with E-state index in [4.69, 9.17) is 4.74 Å². The van der Waals surface area contributed by atoms with Crippen LogP contribution in [-0.2, 0) is 20.5 Å². The summed E-state index contributed by atoms with van der Waals surface area (Å²) < 4.78 is 45.1. The summed E-state index contributed by atoms with van der Waals surface area (Å²) in [6.45, 7) is 5.52. The number of urea groups is 1. The van der Waals surface area contributed by atoms with E-state index in [9.17, 15) is 27.6 Å². The summed E-state index contributed by atoms with van der Waals surface area (Å²) >= 11 is 0. The monoisotopic (exact) mass is 471 g/mol. The summed E-state index contributed by atoms with van der Waals surface area (Å²) in [7, 11) is 0. The van der Waals surface area contributed by atoms with Crippen molar-refractivity contribution in [3.63, 3.8) is 0 Å². The van der Waals surface area contributed by atoms with Crippen molar-refractivity contribution in [2.45, 2.75) is 51.9 Å². The predicted molar refractivity (Wildman–Crippen MR) is 108 cm³/mol. The number of carbonyl (C=O) groups is 3. The van der Waals surface area contributed by atoms with Gasteiger partial charge in [-0.3, -0.25) is 14.9 Å². The van der Waals surface area contributed by atoms with Gasteiger partial charge in [-0.2, -0.15) is 17.7 Å². The van der Waals surface area contributed by atoms with Gasteiger partial charge in [0.1, 0.15) is 5.82 Å². The number of carbonyl (C=O) groups excluding carboxylic acids is 3. The summed E-state index contributed by atoms with van der Waals surface area (Å²) in [6, 6.07) is 2.08. The minimum absolute atomic E-state index is 0.0288. The predicted octanol–water partition coefficient (Wildman–Crippen LogP) is 1.53. The van der Waals surface area contributed by atoms with Crippen LogP contribution in [0, 0.1) is 5.92 Å². The van der Waals surface area contributed by atoms with Crippen LogP contribution in [0.3, 0.4) is 0 Å². The minimum atomic E-state index is -4.69. The third kappa shape index (κ3) is 5.87. The molecule has 1 saturated heterocycles. The molecule has 2 aromatic rings. The molecule has 180 valence electrons. The second-order valence-corrected chi connectivity index (χ2v) is 7.94. The van der Waals surface area contributed by atoms with E-state index in [2.05, 4.69) is 25.9 Å². The first-order chi connectivity index (χ1) is 15.5. The molecule has 0 aromatic carbocycles. The Morgan fingerprint density at radius 2 is 1.79 bits per heavy atom. The molecule has 1 unspecified atom stereocenters. The van der Waals surface area contributed by atoms with Gasteiger partial charge >= 0.3 is 18.2 Å². The average Bonchev–Trinajstić information content (AvgIpc) is 3.16. The van der Waals surface area contributed by atoms with E-state index in [0.717, 1.165) is 0 Å². The number of ether oxygens (including phenoxy) is 1. The molecule has 0 saturated carbocycles. The number of halogens is 3. The highest BCUT2D eigenvalue weighted by atomic mass is 19.4. The number of amides is 3. The van der Waals surface area contributed by atoms with E-state index in [-0.39, 0.29) is 11.7 Å². The zero-order chi connectivity index (χ0) is 24.3. The molecule has 1 aliphatic rings. The van der Waals surface area contributed by atoms with E-state index in [0.29, 0.717) is 36.3 Å². The largest absolute Gasteiger partial charge is 0.453 e. The van der Waals surface area contributed by atoms with Crippen LogP contribution in [0.5, 0.6) is 0 Å². The highest BCUT2D eigenvalue weighted by Gasteiger charge is 2.38. The van der Waals surface area contributed by atoms with E-state index in [1.807, 2.05) is 0 Å². The number of hydrogen-bond donors (Lipinski definition) is 2. The highest BCUT2D eigenvalue weighted by molar-refractivity contribution is 5.97. The SMILES string of the molecule is CC(C)NC(=O)NC(=O)C(C)OC(=O)C1CCN(c2ccc3nnc(C(F)(F)F)n3n2)CC1. The van der Waals surface area contributed by atoms with Crippen LogP contribution in [0.4, 0.5) is 23.8 Å². The molecule has 3 amide bonds. The molecule has 0 radical (unpaired) electrons. The maximum Gasteiger partial charge on any atom is 0.453 e. The number of nitrogens with one attached hydrogen (secondary N) is 2. The summed E-state index contributed by atoms with van der Waals surface area (Å²) in [5, 5.41) is 15.2. The van der Waals surface area contributed by atoms with Crippen LogP contribution in [-0.4, -0.2) is 63.0 Å². The Morgan fingerprint density at radius 1 is 1.12 bits per heavy atom. The van der Waals surface area contributed by atoms with Gasteiger partial charge in [0.2, 0.25) is 0 Å². The van der Waals surface area contributed by atoms with Gasteiger partial charge in [0.15, 0.2) is 11.8 Å². The molecule has 1 fully saturated rings. The van der Waals surface area contributed by atoms with Gasteiger partial charge < -0.3 is 15.0 Å².